The normalized spacial score (nSPS) is 11.0. The van der Waals surface area contributed by atoms with Gasteiger partial charge in [-0.1, -0.05) is 42.0 Å². The van der Waals surface area contributed by atoms with Crippen LogP contribution in [0, 0.1) is 20.8 Å². The van der Waals surface area contributed by atoms with Crippen LogP contribution in [0.15, 0.2) is 54.6 Å². The van der Waals surface area contributed by atoms with E-state index >= 15 is 0 Å². The quantitative estimate of drug-likeness (QED) is 0.412. The molecule has 7 heteroatoms. The molecule has 1 heterocycles. The highest BCUT2D eigenvalue weighted by atomic mass is 16.5. The second-order valence-electron chi connectivity index (χ2n) is 7.57. The first-order valence-corrected chi connectivity index (χ1v) is 10.3. The van der Waals surface area contributed by atoms with E-state index in [0.29, 0.717) is 12.3 Å². The van der Waals surface area contributed by atoms with Gasteiger partial charge in [0.15, 0.2) is 6.61 Å². The van der Waals surface area contributed by atoms with Gasteiger partial charge in [0.1, 0.15) is 12.4 Å². The number of aryl methyl sites for hydroxylation is 2. The molecule has 0 fully saturated rings. The minimum Gasteiger partial charge on any atom is -0.484 e. The highest BCUT2D eigenvalue weighted by Gasteiger charge is 2.10. The average molecular weight is 434 g/mol. The molecule has 0 spiro atoms. The second-order valence-corrected chi connectivity index (χ2v) is 7.57. The van der Waals surface area contributed by atoms with Gasteiger partial charge in [-0.25, -0.2) is 4.79 Å². The van der Waals surface area contributed by atoms with Crippen molar-refractivity contribution in [3.05, 3.63) is 88.2 Å². The summed E-state index contributed by atoms with van der Waals surface area (Å²) >= 11 is 0. The zero-order chi connectivity index (χ0) is 23.1. The molecule has 7 nitrogen and oxygen atoms in total. The molecule has 166 valence electrons. The Labute approximate surface area is 187 Å². The molecule has 0 bridgehead atoms. The fourth-order valence-electron chi connectivity index (χ4n) is 3.21. The van der Waals surface area contributed by atoms with Crippen LogP contribution in [0.5, 0.6) is 5.75 Å². The Bertz CT molecular complexity index is 1130. The average Bonchev–Trinajstić information content (AvgIpc) is 3.03. The lowest BCUT2D eigenvalue weighted by molar-refractivity contribution is -0.138. The summed E-state index contributed by atoms with van der Waals surface area (Å²) in [7, 11) is 0. The number of carbonyl (C=O) groups is 2. The number of rotatable bonds is 9. The first-order chi connectivity index (χ1) is 15.3. The Morgan fingerprint density at radius 3 is 2.53 bits per heavy atom. The molecule has 0 saturated carbocycles. The number of aromatic nitrogens is 2. The number of carbonyl (C=O) groups excluding carboxylic acids is 2. The van der Waals surface area contributed by atoms with Crippen LogP contribution in [-0.4, -0.2) is 28.3 Å². The summed E-state index contributed by atoms with van der Waals surface area (Å²) in [5, 5.41) is 4.61. The van der Waals surface area contributed by atoms with E-state index in [-0.39, 0.29) is 13.2 Å². The van der Waals surface area contributed by atoms with Crippen molar-refractivity contribution < 1.29 is 19.1 Å². The minimum absolute atomic E-state index is 0.0849. The van der Waals surface area contributed by atoms with Crippen molar-refractivity contribution in [3.63, 3.8) is 0 Å². The molecule has 0 aliphatic rings. The topological polar surface area (TPSA) is 96.4 Å². The van der Waals surface area contributed by atoms with Gasteiger partial charge >= 0.3 is 5.97 Å². The monoisotopic (exact) mass is 433 g/mol. The number of primary amides is 1. The van der Waals surface area contributed by atoms with Crippen LogP contribution in [0.25, 0.3) is 6.08 Å². The minimum atomic E-state index is -0.556. The number of nitrogens with zero attached hydrogens (tertiary/aromatic N) is 2. The van der Waals surface area contributed by atoms with Crippen molar-refractivity contribution in [3.8, 4) is 5.75 Å². The van der Waals surface area contributed by atoms with E-state index < -0.39 is 11.9 Å². The third-order valence-electron chi connectivity index (χ3n) is 4.94. The van der Waals surface area contributed by atoms with E-state index in [4.69, 9.17) is 15.2 Å². The predicted octanol–water partition coefficient (Wildman–Crippen LogP) is 3.48. The summed E-state index contributed by atoms with van der Waals surface area (Å²) in [5.41, 5.74) is 10.9. The van der Waals surface area contributed by atoms with Crippen LogP contribution in [0.4, 0.5) is 0 Å². The number of benzene rings is 2. The molecule has 0 atom stereocenters. The van der Waals surface area contributed by atoms with Gasteiger partial charge < -0.3 is 15.2 Å². The first kappa shape index (κ1) is 22.8. The molecular formula is C25H27N3O4. The van der Waals surface area contributed by atoms with Crippen molar-refractivity contribution in [1.82, 2.24) is 9.78 Å². The van der Waals surface area contributed by atoms with Crippen molar-refractivity contribution >= 4 is 18.0 Å². The maximum absolute atomic E-state index is 12.2. The van der Waals surface area contributed by atoms with Crippen LogP contribution in [0.2, 0.25) is 0 Å². The van der Waals surface area contributed by atoms with Gasteiger partial charge in [-0.2, -0.15) is 5.10 Å². The van der Waals surface area contributed by atoms with Crippen LogP contribution < -0.4 is 10.5 Å². The summed E-state index contributed by atoms with van der Waals surface area (Å²) in [4.78, 5) is 23.0. The number of nitrogens with two attached hydrogens (primary N) is 1. The Balaban J connectivity index is 1.59. The van der Waals surface area contributed by atoms with Crippen molar-refractivity contribution in [2.45, 2.75) is 33.9 Å². The molecule has 3 rings (SSSR count). The van der Waals surface area contributed by atoms with Crippen LogP contribution in [0.1, 0.15) is 33.6 Å². The molecule has 3 aromatic rings. The Morgan fingerprint density at radius 1 is 1.06 bits per heavy atom. The van der Waals surface area contributed by atoms with Crippen molar-refractivity contribution in [2.75, 3.05) is 6.61 Å². The number of ether oxygens (including phenoxy) is 2. The molecular weight excluding hydrogens is 406 g/mol. The van der Waals surface area contributed by atoms with Gasteiger partial charge in [0.05, 0.1) is 12.2 Å². The number of amides is 1. The van der Waals surface area contributed by atoms with Crippen molar-refractivity contribution in [1.29, 1.82) is 0 Å². The molecule has 0 aliphatic heterocycles. The fourth-order valence-corrected chi connectivity index (χ4v) is 3.21. The Morgan fingerprint density at radius 2 is 1.81 bits per heavy atom. The Hall–Kier alpha value is -3.87. The maximum atomic E-state index is 12.2. The molecule has 0 radical (unpaired) electrons. The molecule has 2 aromatic carbocycles. The van der Waals surface area contributed by atoms with Gasteiger partial charge in [-0.15, -0.1) is 0 Å². The molecule has 32 heavy (non-hydrogen) atoms. The lowest BCUT2D eigenvalue weighted by Crippen LogP contribution is -2.20. The zero-order valence-electron chi connectivity index (χ0n) is 18.5. The van der Waals surface area contributed by atoms with Gasteiger partial charge in [-0.05, 0) is 50.1 Å². The first-order valence-electron chi connectivity index (χ1n) is 10.3. The molecule has 0 aliphatic carbocycles. The van der Waals surface area contributed by atoms with Crippen LogP contribution in [-0.2, 0) is 27.5 Å². The molecule has 1 amide bonds. The summed E-state index contributed by atoms with van der Waals surface area (Å²) in [6, 6.07) is 15.3. The van der Waals surface area contributed by atoms with E-state index in [2.05, 4.69) is 36.3 Å². The lowest BCUT2D eigenvalue weighted by atomic mass is 10.1. The van der Waals surface area contributed by atoms with E-state index in [0.717, 1.165) is 28.1 Å². The molecule has 0 unspecified atom stereocenters. The molecule has 2 N–H and O–H groups in total. The number of esters is 1. The van der Waals surface area contributed by atoms with Crippen molar-refractivity contribution in [2.24, 2.45) is 5.73 Å². The van der Waals surface area contributed by atoms with E-state index in [1.807, 2.05) is 18.5 Å². The van der Waals surface area contributed by atoms with Gasteiger partial charge in [0, 0.05) is 17.3 Å². The fraction of sp³-hybridized carbons (Fsp3) is 0.240. The van der Waals surface area contributed by atoms with Crippen LogP contribution in [0.3, 0.4) is 0 Å². The summed E-state index contributed by atoms with van der Waals surface area (Å²) in [6.45, 7) is 6.50. The summed E-state index contributed by atoms with van der Waals surface area (Å²) < 4.78 is 12.5. The highest BCUT2D eigenvalue weighted by Crippen LogP contribution is 2.18. The molecule has 0 saturated heterocycles. The number of hydrogen-bond acceptors (Lipinski definition) is 5. The maximum Gasteiger partial charge on any atom is 0.331 e. The lowest BCUT2D eigenvalue weighted by Gasteiger charge is -2.07. The third kappa shape index (κ3) is 6.31. The Kier molecular flexibility index (Phi) is 7.44. The zero-order valence-corrected chi connectivity index (χ0v) is 18.5. The summed E-state index contributed by atoms with van der Waals surface area (Å²) in [6.07, 6.45) is 3.14. The number of hydrogen-bond donors (Lipinski definition) is 1. The highest BCUT2D eigenvalue weighted by molar-refractivity contribution is 5.87. The van der Waals surface area contributed by atoms with E-state index in [1.54, 1.807) is 30.3 Å². The van der Waals surface area contributed by atoms with E-state index in [1.165, 1.54) is 11.6 Å². The van der Waals surface area contributed by atoms with Crippen LogP contribution >= 0.6 is 0 Å². The van der Waals surface area contributed by atoms with Gasteiger partial charge in [-0.3, -0.25) is 9.48 Å². The van der Waals surface area contributed by atoms with E-state index in [9.17, 15) is 9.59 Å². The smallest absolute Gasteiger partial charge is 0.331 e. The SMILES string of the molecule is Cc1ccc(Cn2nc(C)c(/C=C/C(=O)OCc3cccc(OCC(N)=O)c3)c2C)cc1. The standard InChI is InChI=1S/C25H27N3O4/c1-17-7-9-20(10-8-17)14-28-19(3)23(18(2)27-28)11-12-25(30)32-15-21-5-4-6-22(13-21)31-16-24(26)29/h4-13H,14-16H2,1-3H3,(H2,26,29)/b12-11+. The summed E-state index contributed by atoms with van der Waals surface area (Å²) in [5.74, 6) is -0.529. The largest absolute Gasteiger partial charge is 0.484 e. The third-order valence-corrected chi connectivity index (χ3v) is 4.94. The van der Waals surface area contributed by atoms with Gasteiger partial charge in [0.2, 0.25) is 0 Å². The second kappa shape index (κ2) is 10.4. The molecule has 1 aromatic heterocycles. The van der Waals surface area contributed by atoms with Gasteiger partial charge in [0.25, 0.3) is 5.91 Å². The predicted molar refractivity (Wildman–Crippen MR) is 122 cm³/mol.